The highest BCUT2D eigenvalue weighted by Crippen LogP contribution is 2.52. The third kappa shape index (κ3) is 4.35. The molecule has 0 spiro atoms. The molecular formula is C20H30N4O3. The number of aliphatic imine (C=N–C) groups is 1. The van der Waals surface area contributed by atoms with Crippen molar-refractivity contribution in [3.05, 3.63) is 29.8 Å². The SMILES string of the molecule is CCNC(=NCc1cccc(OCC(N)=O)c1)NC1C2CCOC2C1(C)C. The summed E-state index contributed by atoms with van der Waals surface area (Å²) < 4.78 is 11.2. The fraction of sp³-hybridized carbons (Fsp3) is 0.600. The summed E-state index contributed by atoms with van der Waals surface area (Å²) >= 11 is 0. The zero-order valence-corrected chi connectivity index (χ0v) is 16.3. The van der Waals surface area contributed by atoms with Gasteiger partial charge in [-0.15, -0.1) is 0 Å². The maximum absolute atomic E-state index is 10.9. The number of nitrogens with zero attached hydrogens (tertiary/aromatic N) is 1. The highest BCUT2D eigenvalue weighted by molar-refractivity contribution is 5.80. The second-order valence-corrected chi connectivity index (χ2v) is 7.78. The average Bonchev–Trinajstić information content (AvgIpc) is 3.10. The number of carbonyl (C=O) groups is 1. The first-order chi connectivity index (χ1) is 12.9. The molecule has 2 aliphatic rings. The minimum Gasteiger partial charge on any atom is -0.484 e. The molecule has 4 N–H and O–H groups in total. The summed E-state index contributed by atoms with van der Waals surface area (Å²) in [5.41, 5.74) is 6.22. The lowest BCUT2D eigenvalue weighted by Gasteiger charge is -2.54. The van der Waals surface area contributed by atoms with E-state index in [4.69, 9.17) is 20.2 Å². The third-order valence-electron chi connectivity index (χ3n) is 5.44. The van der Waals surface area contributed by atoms with Gasteiger partial charge in [-0.2, -0.15) is 0 Å². The number of rotatable bonds is 7. The molecule has 148 valence electrons. The molecule has 1 saturated carbocycles. The van der Waals surface area contributed by atoms with Crippen molar-refractivity contribution in [2.24, 2.45) is 22.1 Å². The normalized spacial score (nSPS) is 26.0. The number of fused-ring (bicyclic) bond motifs is 1. The summed E-state index contributed by atoms with van der Waals surface area (Å²) in [6.45, 7) is 8.59. The van der Waals surface area contributed by atoms with Crippen LogP contribution in [0.15, 0.2) is 29.3 Å². The molecule has 0 bridgehead atoms. The largest absolute Gasteiger partial charge is 0.484 e. The molecule has 1 saturated heterocycles. The number of guanidine groups is 1. The van der Waals surface area contributed by atoms with E-state index in [0.717, 1.165) is 31.1 Å². The minimum atomic E-state index is -0.491. The van der Waals surface area contributed by atoms with Crippen molar-refractivity contribution in [1.29, 1.82) is 0 Å². The van der Waals surface area contributed by atoms with Crippen molar-refractivity contribution in [2.45, 2.75) is 45.9 Å². The van der Waals surface area contributed by atoms with Gasteiger partial charge >= 0.3 is 0 Å². The number of nitrogens with two attached hydrogens (primary N) is 1. The molecule has 3 rings (SSSR count). The quantitative estimate of drug-likeness (QED) is 0.495. The number of ether oxygens (including phenoxy) is 2. The van der Waals surface area contributed by atoms with Gasteiger partial charge in [0, 0.05) is 30.5 Å². The fourth-order valence-electron chi connectivity index (χ4n) is 4.14. The smallest absolute Gasteiger partial charge is 0.255 e. The monoisotopic (exact) mass is 374 g/mol. The van der Waals surface area contributed by atoms with Crippen LogP contribution < -0.4 is 21.1 Å². The molecule has 7 heteroatoms. The van der Waals surface area contributed by atoms with E-state index in [1.165, 1.54) is 0 Å². The summed E-state index contributed by atoms with van der Waals surface area (Å²) in [6, 6.07) is 7.91. The van der Waals surface area contributed by atoms with Crippen molar-refractivity contribution in [3.63, 3.8) is 0 Å². The van der Waals surface area contributed by atoms with Crippen LogP contribution in [-0.4, -0.2) is 43.8 Å². The number of benzene rings is 1. The number of primary amides is 1. The van der Waals surface area contributed by atoms with Crippen LogP contribution in [0.4, 0.5) is 0 Å². The number of amides is 1. The molecule has 1 aromatic rings. The van der Waals surface area contributed by atoms with Gasteiger partial charge in [-0.1, -0.05) is 26.0 Å². The lowest BCUT2D eigenvalue weighted by atomic mass is 9.57. The molecule has 2 fully saturated rings. The molecule has 0 aromatic heterocycles. The Labute approximate surface area is 160 Å². The Morgan fingerprint density at radius 2 is 2.26 bits per heavy atom. The highest BCUT2D eigenvalue weighted by atomic mass is 16.5. The van der Waals surface area contributed by atoms with E-state index in [-0.39, 0.29) is 12.0 Å². The van der Waals surface area contributed by atoms with Gasteiger partial charge < -0.3 is 25.8 Å². The van der Waals surface area contributed by atoms with Crippen LogP contribution >= 0.6 is 0 Å². The molecule has 1 heterocycles. The Morgan fingerprint density at radius 3 is 3.00 bits per heavy atom. The minimum absolute atomic E-state index is 0.0971. The zero-order chi connectivity index (χ0) is 19.4. The Kier molecular flexibility index (Phi) is 5.89. The summed E-state index contributed by atoms with van der Waals surface area (Å²) in [5, 5.41) is 6.94. The molecule has 7 nitrogen and oxygen atoms in total. The van der Waals surface area contributed by atoms with Crippen molar-refractivity contribution < 1.29 is 14.3 Å². The van der Waals surface area contributed by atoms with E-state index in [1.54, 1.807) is 6.07 Å². The second kappa shape index (κ2) is 8.17. The summed E-state index contributed by atoms with van der Waals surface area (Å²) in [4.78, 5) is 15.6. The van der Waals surface area contributed by atoms with Crippen LogP contribution in [0.25, 0.3) is 0 Å². The molecule has 27 heavy (non-hydrogen) atoms. The molecule has 1 aliphatic carbocycles. The lowest BCUT2D eigenvalue weighted by Crippen LogP contribution is -2.67. The van der Waals surface area contributed by atoms with Gasteiger partial charge in [0.25, 0.3) is 5.91 Å². The molecule has 1 amide bonds. The first kappa shape index (κ1) is 19.5. The van der Waals surface area contributed by atoms with E-state index < -0.39 is 5.91 Å². The van der Waals surface area contributed by atoms with E-state index in [9.17, 15) is 4.79 Å². The molecule has 3 unspecified atom stereocenters. The highest BCUT2D eigenvalue weighted by Gasteiger charge is 2.59. The predicted molar refractivity (Wildman–Crippen MR) is 104 cm³/mol. The van der Waals surface area contributed by atoms with Crippen molar-refractivity contribution >= 4 is 11.9 Å². The second-order valence-electron chi connectivity index (χ2n) is 7.78. The van der Waals surface area contributed by atoms with Crippen LogP contribution in [0, 0.1) is 11.3 Å². The topological polar surface area (TPSA) is 98.0 Å². The first-order valence-electron chi connectivity index (χ1n) is 9.58. The van der Waals surface area contributed by atoms with Gasteiger partial charge in [0.2, 0.25) is 0 Å². The number of carbonyl (C=O) groups excluding carboxylic acids is 1. The Morgan fingerprint density at radius 1 is 1.44 bits per heavy atom. The summed E-state index contributed by atoms with van der Waals surface area (Å²) in [5.74, 6) is 1.48. The van der Waals surface area contributed by atoms with Crippen molar-refractivity contribution in [1.82, 2.24) is 10.6 Å². The van der Waals surface area contributed by atoms with Gasteiger partial charge in [-0.25, -0.2) is 4.99 Å². The molecule has 1 aromatic carbocycles. The van der Waals surface area contributed by atoms with Gasteiger partial charge in [0.05, 0.1) is 12.6 Å². The van der Waals surface area contributed by atoms with Crippen LogP contribution in [0.5, 0.6) is 5.75 Å². The maximum Gasteiger partial charge on any atom is 0.255 e. The van der Waals surface area contributed by atoms with Gasteiger partial charge in [-0.05, 0) is 31.0 Å². The first-order valence-corrected chi connectivity index (χ1v) is 9.58. The molecule has 3 atom stereocenters. The Hall–Kier alpha value is -2.28. The van der Waals surface area contributed by atoms with E-state index >= 15 is 0 Å². The van der Waals surface area contributed by atoms with Gasteiger partial charge in [-0.3, -0.25) is 4.79 Å². The third-order valence-corrected chi connectivity index (χ3v) is 5.44. The summed E-state index contributed by atoms with van der Waals surface area (Å²) in [7, 11) is 0. The van der Waals surface area contributed by atoms with E-state index in [0.29, 0.717) is 30.4 Å². The van der Waals surface area contributed by atoms with Crippen molar-refractivity contribution in [2.75, 3.05) is 19.8 Å². The lowest BCUT2D eigenvalue weighted by molar-refractivity contribution is -0.119. The fourth-order valence-corrected chi connectivity index (χ4v) is 4.14. The van der Waals surface area contributed by atoms with Crippen LogP contribution in [0.3, 0.4) is 0 Å². The average molecular weight is 374 g/mol. The summed E-state index contributed by atoms with van der Waals surface area (Å²) in [6.07, 6.45) is 1.45. The number of hydrogen-bond acceptors (Lipinski definition) is 4. The number of hydrogen-bond donors (Lipinski definition) is 3. The molecular weight excluding hydrogens is 344 g/mol. The van der Waals surface area contributed by atoms with E-state index in [2.05, 4.69) is 31.4 Å². The predicted octanol–water partition coefficient (Wildman–Crippen LogP) is 1.42. The van der Waals surface area contributed by atoms with Crippen LogP contribution in [0.2, 0.25) is 0 Å². The standard InChI is InChI=1S/C20H30N4O3/c1-4-22-19(24-17-15-8-9-26-18(15)20(17,2)3)23-11-13-6-5-7-14(10-13)27-12-16(21)25/h5-7,10,15,17-18H,4,8-9,11-12H2,1-3H3,(H2,21,25)(H2,22,23,24). The molecule has 1 aliphatic heterocycles. The van der Waals surface area contributed by atoms with Gasteiger partial charge in [0.15, 0.2) is 12.6 Å². The molecule has 0 radical (unpaired) electrons. The van der Waals surface area contributed by atoms with Crippen LogP contribution in [-0.2, 0) is 16.1 Å². The Balaban J connectivity index is 1.64. The maximum atomic E-state index is 10.9. The van der Waals surface area contributed by atoms with Gasteiger partial charge in [0.1, 0.15) is 5.75 Å². The Bertz CT molecular complexity index is 704. The number of nitrogens with one attached hydrogen (secondary N) is 2. The van der Waals surface area contributed by atoms with E-state index in [1.807, 2.05) is 18.2 Å². The van der Waals surface area contributed by atoms with Crippen LogP contribution in [0.1, 0.15) is 32.8 Å². The van der Waals surface area contributed by atoms with Crippen molar-refractivity contribution in [3.8, 4) is 5.75 Å². The zero-order valence-electron chi connectivity index (χ0n) is 16.3.